The van der Waals surface area contributed by atoms with Crippen molar-refractivity contribution in [3.05, 3.63) is 59.7 Å². The average molecular weight is 452 g/mol. The number of alkyl halides is 1. The molecule has 1 saturated heterocycles. The molecule has 2 aromatic carbocycles. The lowest BCUT2D eigenvalue weighted by molar-refractivity contribution is -0.130. The van der Waals surface area contributed by atoms with E-state index < -0.39 is 39.3 Å². The van der Waals surface area contributed by atoms with Crippen LogP contribution in [0.1, 0.15) is 18.4 Å². The van der Waals surface area contributed by atoms with Gasteiger partial charge in [0.25, 0.3) is 0 Å². The molecule has 31 heavy (non-hydrogen) atoms. The van der Waals surface area contributed by atoms with E-state index in [1.165, 1.54) is 11.0 Å². The Bertz CT molecular complexity index is 1100. The molecule has 4 rings (SSSR count). The van der Waals surface area contributed by atoms with Crippen LogP contribution in [0.3, 0.4) is 0 Å². The molecule has 1 aliphatic heterocycles. The van der Waals surface area contributed by atoms with Gasteiger partial charge < -0.3 is 4.90 Å². The van der Waals surface area contributed by atoms with E-state index in [4.69, 9.17) is 0 Å². The second-order valence-corrected chi connectivity index (χ2v) is 10.1. The van der Waals surface area contributed by atoms with Gasteiger partial charge in [-0.15, -0.1) is 0 Å². The average Bonchev–Trinajstić information content (AvgIpc) is 3.16. The highest BCUT2D eigenvalue weighted by Crippen LogP contribution is 2.45. The number of fused-ring (bicyclic) bond motifs is 1. The first-order valence-electron chi connectivity index (χ1n) is 10.0. The van der Waals surface area contributed by atoms with Crippen molar-refractivity contribution in [1.82, 2.24) is 9.62 Å². The molecule has 0 unspecified atom stereocenters. The van der Waals surface area contributed by atoms with Crippen LogP contribution in [-0.4, -0.2) is 50.3 Å². The van der Waals surface area contributed by atoms with Crippen molar-refractivity contribution in [3.63, 3.8) is 0 Å². The summed E-state index contributed by atoms with van der Waals surface area (Å²) in [6, 6.07) is 9.18. The normalized spacial score (nSPS) is 25.6. The van der Waals surface area contributed by atoms with E-state index in [1.54, 1.807) is 24.3 Å². The fourth-order valence-electron chi connectivity index (χ4n) is 4.79. The Hall–Kier alpha value is -2.39. The van der Waals surface area contributed by atoms with Gasteiger partial charge in [0.2, 0.25) is 15.9 Å². The van der Waals surface area contributed by atoms with Crippen molar-refractivity contribution in [1.29, 1.82) is 0 Å². The molecule has 1 heterocycles. The number of amides is 1. The number of rotatable bonds is 5. The monoisotopic (exact) mass is 452 g/mol. The highest BCUT2D eigenvalue weighted by atomic mass is 32.2. The van der Waals surface area contributed by atoms with E-state index in [-0.39, 0.29) is 36.5 Å². The molecular weight excluding hydrogens is 429 g/mol. The van der Waals surface area contributed by atoms with E-state index >= 15 is 4.39 Å². The Balaban J connectivity index is 1.55. The third-order valence-electron chi connectivity index (χ3n) is 6.24. The minimum absolute atomic E-state index is 0.142. The van der Waals surface area contributed by atoms with Gasteiger partial charge in [-0.05, 0) is 36.1 Å². The third-order valence-corrected chi connectivity index (χ3v) is 6.95. The number of hydrogen-bond donors (Lipinski definition) is 1. The molecule has 0 aromatic heterocycles. The van der Waals surface area contributed by atoms with E-state index in [9.17, 15) is 22.0 Å². The molecule has 2 aromatic rings. The highest BCUT2D eigenvalue weighted by Gasteiger charge is 2.57. The summed E-state index contributed by atoms with van der Waals surface area (Å²) in [5, 5.41) is 0. The minimum Gasteiger partial charge on any atom is -0.339 e. The number of nitrogens with zero attached hydrogens (tertiary/aromatic N) is 1. The topological polar surface area (TPSA) is 66.5 Å². The Morgan fingerprint density at radius 3 is 2.48 bits per heavy atom. The maximum Gasteiger partial charge on any atom is 0.227 e. The quantitative estimate of drug-likeness (QED) is 0.759. The van der Waals surface area contributed by atoms with Crippen LogP contribution in [0.2, 0.25) is 0 Å². The van der Waals surface area contributed by atoms with Crippen molar-refractivity contribution < 1.29 is 26.4 Å². The molecule has 1 amide bonds. The van der Waals surface area contributed by atoms with E-state index in [0.29, 0.717) is 18.4 Å². The van der Waals surface area contributed by atoms with Crippen molar-refractivity contribution in [2.24, 2.45) is 5.92 Å². The molecule has 0 radical (unpaired) electrons. The lowest BCUT2D eigenvalue weighted by Crippen LogP contribution is -2.50. The predicted molar refractivity (Wildman–Crippen MR) is 110 cm³/mol. The molecule has 5 nitrogen and oxygen atoms in total. The number of likely N-dealkylation sites (tertiary alicyclic amines) is 1. The minimum atomic E-state index is -3.58. The smallest absolute Gasteiger partial charge is 0.227 e. The highest BCUT2D eigenvalue weighted by molar-refractivity contribution is 7.88. The summed E-state index contributed by atoms with van der Waals surface area (Å²) in [6.07, 6.45) is 1.70. The van der Waals surface area contributed by atoms with Crippen molar-refractivity contribution >= 4 is 15.9 Å². The lowest BCUT2D eigenvalue weighted by Gasteiger charge is -2.27. The van der Waals surface area contributed by atoms with Gasteiger partial charge in [-0.1, -0.05) is 30.3 Å². The molecule has 0 bridgehead atoms. The molecule has 1 saturated carbocycles. The van der Waals surface area contributed by atoms with Crippen LogP contribution in [0.15, 0.2) is 42.5 Å². The summed E-state index contributed by atoms with van der Waals surface area (Å²) in [7, 11) is -3.58. The number of sulfonamides is 1. The van der Waals surface area contributed by atoms with Gasteiger partial charge in [-0.2, -0.15) is 0 Å². The van der Waals surface area contributed by atoms with Gasteiger partial charge in [0.05, 0.1) is 30.8 Å². The van der Waals surface area contributed by atoms with Crippen molar-refractivity contribution in [3.8, 4) is 11.1 Å². The van der Waals surface area contributed by atoms with E-state index in [2.05, 4.69) is 4.72 Å². The Labute approximate surface area is 179 Å². The molecule has 3 atom stereocenters. The summed E-state index contributed by atoms with van der Waals surface area (Å²) >= 11 is 0. The van der Waals surface area contributed by atoms with Crippen LogP contribution in [-0.2, 0) is 21.2 Å². The maximum atomic E-state index is 15.7. The van der Waals surface area contributed by atoms with Gasteiger partial charge in [0, 0.05) is 12.5 Å². The number of nitrogens with one attached hydrogen (secondary N) is 1. The molecule has 166 valence electrons. The van der Waals surface area contributed by atoms with Crippen LogP contribution in [0.5, 0.6) is 0 Å². The fourth-order valence-corrected chi connectivity index (χ4v) is 5.62. The van der Waals surface area contributed by atoms with Gasteiger partial charge >= 0.3 is 0 Å². The predicted octanol–water partition coefficient (Wildman–Crippen LogP) is 3.05. The summed E-state index contributed by atoms with van der Waals surface area (Å²) in [6.45, 7) is -0.0204. The second kappa shape index (κ2) is 7.94. The lowest BCUT2D eigenvalue weighted by atomic mass is 9.94. The van der Waals surface area contributed by atoms with Crippen LogP contribution < -0.4 is 4.72 Å². The second-order valence-electron chi connectivity index (χ2n) is 8.35. The number of benzene rings is 2. The largest absolute Gasteiger partial charge is 0.339 e. The molecular formula is C22H23F3N2O3S. The van der Waals surface area contributed by atoms with Gasteiger partial charge in [-0.3, -0.25) is 4.79 Å². The summed E-state index contributed by atoms with van der Waals surface area (Å²) < 4.78 is 69.8. The molecule has 2 aliphatic rings. The van der Waals surface area contributed by atoms with Crippen LogP contribution in [0.4, 0.5) is 13.2 Å². The first-order chi connectivity index (χ1) is 14.6. The Morgan fingerprint density at radius 1 is 1.13 bits per heavy atom. The zero-order valence-electron chi connectivity index (χ0n) is 16.9. The molecule has 0 spiro atoms. The van der Waals surface area contributed by atoms with Gasteiger partial charge in [0.1, 0.15) is 17.3 Å². The molecule has 1 aliphatic carbocycles. The Morgan fingerprint density at radius 2 is 1.81 bits per heavy atom. The Kier molecular flexibility index (Phi) is 5.59. The first-order valence-corrected chi connectivity index (χ1v) is 11.9. The summed E-state index contributed by atoms with van der Waals surface area (Å²) in [5.41, 5.74) is -1.32. The van der Waals surface area contributed by atoms with Crippen molar-refractivity contribution in [2.45, 2.75) is 31.0 Å². The standard InChI is InChI=1S/C22H23F3N2O3S/c1-31(29,30)26-19-10-9-15-12-27(13-22(15,19)25)20(28)11-14-5-2-3-6-16(14)21-17(23)7-4-8-18(21)24/h2-8,15,19,26H,9-13H2,1H3/t15-,19+,22-/m1/s1. The van der Waals surface area contributed by atoms with Crippen LogP contribution in [0.25, 0.3) is 11.1 Å². The van der Waals surface area contributed by atoms with Gasteiger partial charge in [0.15, 0.2) is 0 Å². The zero-order valence-corrected chi connectivity index (χ0v) is 17.8. The summed E-state index contributed by atoms with van der Waals surface area (Å²) in [5.74, 6) is -2.27. The first kappa shape index (κ1) is 21.8. The molecule has 2 fully saturated rings. The zero-order chi connectivity index (χ0) is 22.4. The maximum absolute atomic E-state index is 15.7. The molecule has 1 N–H and O–H groups in total. The van der Waals surface area contributed by atoms with Gasteiger partial charge in [-0.25, -0.2) is 26.3 Å². The molecule has 9 heteroatoms. The number of carbonyl (C=O) groups is 1. The fraction of sp³-hybridized carbons (Fsp3) is 0.409. The van der Waals surface area contributed by atoms with Crippen LogP contribution >= 0.6 is 0 Å². The van der Waals surface area contributed by atoms with Crippen LogP contribution in [0, 0.1) is 17.6 Å². The third kappa shape index (κ3) is 4.21. The van der Waals surface area contributed by atoms with E-state index in [0.717, 1.165) is 18.4 Å². The number of halogens is 3. The number of carbonyl (C=O) groups excluding carboxylic acids is 1. The van der Waals surface area contributed by atoms with E-state index in [1.807, 2.05) is 0 Å². The summed E-state index contributed by atoms with van der Waals surface area (Å²) in [4.78, 5) is 14.4. The SMILES string of the molecule is CS(=O)(=O)N[C@H]1CC[C@@H]2CN(C(=O)Cc3ccccc3-c3c(F)cccc3F)C[C@@]21F. The number of hydrogen-bond acceptors (Lipinski definition) is 3. The van der Waals surface area contributed by atoms with Crippen molar-refractivity contribution in [2.75, 3.05) is 19.3 Å².